The molecule has 0 aliphatic heterocycles. The van der Waals surface area contributed by atoms with Gasteiger partial charge in [0.25, 0.3) is 0 Å². The Kier molecular flexibility index (Phi) is 5.68. The Balaban J connectivity index is 1.94. The molecule has 7 heteroatoms. The summed E-state index contributed by atoms with van der Waals surface area (Å²) < 4.78 is 82.5. The first kappa shape index (κ1) is 20.5. The van der Waals surface area contributed by atoms with Gasteiger partial charge in [0.2, 0.25) is 5.75 Å². The van der Waals surface area contributed by atoms with Crippen molar-refractivity contribution in [3.8, 4) is 28.0 Å². The molecule has 3 aromatic rings. The Labute approximate surface area is 162 Å². The van der Waals surface area contributed by atoms with E-state index in [0.29, 0.717) is 17.7 Å². The third-order valence-electron chi connectivity index (χ3n) is 4.10. The molecule has 0 saturated heterocycles. The van der Waals surface area contributed by atoms with Crippen molar-refractivity contribution < 1.29 is 31.1 Å². The van der Waals surface area contributed by atoms with Crippen LogP contribution in [0.5, 0.6) is 5.75 Å². The van der Waals surface area contributed by atoms with Crippen molar-refractivity contribution in [3.05, 3.63) is 83.7 Å². The smallest absolute Gasteiger partial charge is 0.399 e. The van der Waals surface area contributed by atoms with Gasteiger partial charge < -0.3 is 4.74 Å². The molecule has 0 spiro atoms. The van der Waals surface area contributed by atoms with E-state index in [1.807, 2.05) is 31.2 Å². The molecule has 0 aliphatic carbocycles. The first-order valence-electron chi connectivity index (χ1n) is 8.46. The first-order chi connectivity index (χ1) is 13.7. The summed E-state index contributed by atoms with van der Waals surface area (Å²) >= 11 is 0. The zero-order chi connectivity index (χ0) is 21.2. The number of benzene rings is 3. The van der Waals surface area contributed by atoms with Gasteiger partial charge in [-0.25, -0.2) is 13.2 Å². The summed E-state index contributed by atoms with van der Waals surface area (Å²) in [6.45, 7) is 1.88. The Bertz CT molecular complexity index is 1030. The number of halogens is 6. The van der Waals surface area contributed by atoms with Crippen molar-refractivity contribution in [2.75, 3.05) is 0 Å². The molecule has 1 nitrogen and oxygen atoms in total. The molecule has 0 radical (unpaired) electrons. The predicted octanol–water partition coefficient (Wildman–Crippen LogP) is 7.37. The highest BCUT2D eigenvalue weighted by molar-refractivity contribution is 5.72. The molecule has 150 valence electrons. The van der Waals surface area contributed by atoms with Gasteiger partial charge in [-0.3, -0.25) is 0 Å². The van der Waals surface area contributed by atoms with Crippen LogP contribution in [0.3, 0.4) is 0 Å². The van der Waals surface area contributed by atoms with Gasteiger partial charge >= 0.3 is 6.36 Å². The van der Waals surface area contributed by atoms with Gasteiger partial charge in [-0.1, -0.05) is 48.6 Å². The molecule has 3 rings (SSSR count). The molecule has 0 amide bonds. The summed E-state index contributed by atoms with van der Waals surface area (Å²) in [4.78, 5) is 0. The SMILES string of the molecule is CC=Cc1ccc(-c2ccc(-c3cc(F)c(OC(F)(F)F)c(F)c3)c(F)c2)cc1. The summed E-state index contributed by atoms with van der Waals surface area (Å²) in [5, 5.41) is 0. The van der Waals surface area contributed by atoms with Crippen LogP contribution in [0.15, 0.2) is 60.7 Å². The molecular formula is C22H14F6O. The largest absolute Gasteiger partial charge is 0.573 e. The van der Waals surface area contributed by atoms with Crippen molar-refractivity contribution in [3.63, 3.8) is 0 Å². The summed E-state index contributed by atoms with van der Waals surface area (Å²) in [5.41, 5.74) is 1.84. The van der Waals surface area contributed by atoms with Crippen molar-refractivity contribution in [2.24, 2.45) is 0 Å². The van der Waals surface area contributed by atoms with Crippen LogP contribution < -0.4 is 4.74 Å². The average molecular weight is 408 g/mol. The highest BCUT2D eigenvalue weighted by Gasteiger charge is 2.34. The third kappa shape index (κ3) is 4.80. The third-order valence-corrected chi connectivity index (χ3v) is 4.10. The number of hydrogen-bond donors (Lipinski definition) is 0. The average Bonchev–Trinajstić information content (AvgIpc) is 2.64. The molecule has 0 aromatic heterocycles. The molecule has 0 unspecified atom stereocenters. The van der Waals surface area contributed by atoms with E-state index in [1.54, 1.807) is 18.2 Å². The number of rotatable bonds is 4. The lowest BCUT2D eigenvalue weighted by Crippen LogP contribution is -2.19. The highest BCUT2D eigenvalue weighted by atomic mass is 19.4. The quantitative estimate of drug-likeness (QED) is 0.410. The van der Waals surface area contributed by atoms with Gasteiger partial charge in [-0.05, 0) is 47.4 Å². The minimum absolute atomic E-state index is 0.157. The second kappa shape index (κ2) is 8.03. The molecule has 0 saturated carbocycles. The van der Waals surface area contributed by atoms with E-state index in [1.165, 1.54) is 12.1 Å². The zero-order valence-electron chi connectivity index (χ0n) is 15.0. The molecular weight excluding hydrogens is 394 g/mol. The lowest BCUT2D eigenvalue weighted by Gasteiger charge is -2.13. The van der Waals surface area contributed by atoms with E-state index in [0.717, 1.165) is 11.1 Å². The topological polar surface area (TPSA) is 9.23 Å². The first-order valence-corrected chi connectivity index (χ1v) is 8.46. The fourth-order valence-corrected chi connectivity index (χ4v) is 2.84. The Morgan fingerprint density at radius 1 is 0.724 bits per heavy atom. The molecule has 0 aliphatic rings. The lowest BCUT2D eigenvalue weighted by molar-refractivity contribution is -0.276. The van der Waals surface area contributed by atoms with Crippen LogP contribution >= 0.6 is 0 Å². The Morgan fingerprint density at radius 3 is 1.79 bits per heavy atom. The van der Waals surface area contributed by atoms with E-state index >= 15 is 0 Å². The maximum atomic E-state index is 14.6. The molecule has 0 heterocycles. The van der Waals surface area contributed by atoms with E-state index in [9.17, 15) is 26.3 Å². The maximum Gasteiger partial charge on any atom is 0.573 e. The monoisotopic (exact) mass is 408 g/mol. The van der Waals surface area contributed by atoms with Gasteiger partial charge in [0, 0.05) is 5.56 Å². The number of hydrogen-bond acceptors (Lipinski definition) is 1. The number of ether oxygens (including phenoxy) is 1. The van der Waals surface area contributed by atoms with Gasteiger partial charge in [0.05, 0.1) is 0 Å². The van der Waals surface area contributed by atoms with Gasteiger partial charge in [-0.2, -0.15) is 0 Å². The fraction of sp³-hybridized carbons (Fsp3) is 0.0909. The Morgan fingerprint density at radius 2 is 1.28 bits per heavy atom. The number of allylic oxidation sites excluding steroid dienone is 1. The van der Waals surface area contributed by atoms with Crippen LogP contribution in [-0.4, -0.2) is 6.36 Å². The van der Waals surface area contributed by atoms with Crippen molar-refractivity contribution in [2.45, 2.75) is 13.3 Å². The van der Waals surface area contributed by atoms with E-state index in [4.69, 9.17) is 0 Å². The second-order valence-electron chi connectivity index (χ2n) is 6.13. The van der Waals surface area contributed by atoms with Crippen molar-refractivity contribution in [1.82, 2.24) is 0 Å². The summed E-state index contributed by atoms with van der Waals surface area (Å²) in [6, 6.07) is 12.5. The summed E-state index contributed by atoms with van der Waals surface area (Å²) in [6.07, 6.45) is -1.46. The molecule has 3 aromatic carbocycles. The van der Waals surface area contributed by atoms with Crippen LogP contribution in [-0.2, 0) is 0 Å². The minimum atomic E-state index is -5.25. The minimum Gasteiger partial charge on any atom is -0.399 e. The lowest BCUT2D eigenvalue weighted by atomic mass is 9.98. The summed E-state index contributed by atoms with van der Waals surface area (Å²) in [5.74, 6) is -5.52. The molecule has 0 N–H and O–H groups in total. The molecule has 0 atom stereocenters. The standard InChI is InChI=1S/C22H14F6O/c1-2-3-13-4-6-14(7-5-13)15-8-9-17(18(23)10-15)16-11-19(24)21(20(25)12-16)29-22(26,27)28/h2-12H,1H3. The zero-order valence-corrected chi connectivity index (χ0v) is 15.0. The maximum absolute atomic E-state index is 14.6. The molecule has 0 fully saturated rings. The van der Waals surface area contributed by atoms with Gasteiger partial charge in [-0.15, -0.1) is 13.2 Å². The van der Waals surface area contributed by atoms with Crippen LogP contribution in [0.1, 0.15) is 12.5 Å². The fourth-order valence-electron chi connectivity index (χ4n) is 2.84. The Hall–Kier alpha value is -3.22. The van der Waals surface area contributed by atoms with Crippen molar-refractivity contribution in [1.29, 1.82) is 0 Å². The molecule has 29 heavy (non-hydrogen) atoms. The van der Waals surface area contributed by atoms with Crippen LogP contribution in [0.4, 0.5) is 26.3 Å². The predicted molar refractivity (Wildman–Crippen MR) is 98.6 cm³/mol. The van der Waals surface area contributed by atoms with Gasteiger partial charge in [0.15, 0.2) is 11.6 Å². The normalized spacial score (nSPS) is 11.8. The van der Waals surface area contributed by atoms with Crippen LogP contribution in [0.2, 0.25) is 0 Å². The molecule has 0 bridgehead atoms. The van der Waals surface area contributed by atoms with Crippen LogP contribution in [0.25, 0.3) is 28.3 Å². The van der Waals surface area contributed by atoms with E-state index in [2.05, 4.69) is 4.74 Å². The second-order valence-corrected chi connectivity index (χ2v) is 6.13. The van der Waals surface area contributed by atoms with E-state index < -0.39 is 29.6 Å². The highest BCUT2D eigenvalue weighted by Crippen LogP contribution is 2.34. The summed E-state index contributed by atoms with van der Waals surface area (Å²) in [7, 11) is 0. The van der Waals surface area contributed by atoms with Crippen molar-refractivity contribution >= 4 is 6.08 Å². The van der Waals surface area contributed by atoms with Gasteiger partial charge in [0.1, 0.15) is 5.82 Å². The van der Waals surface area contributed by atoms with Crippen LogP contribution in [0, 0.1) is 17.5 Å². The number of alkyl halides is 3. The van der Waals surface area contributed by atoms with E-state index in [-0.39, 0.29) is 11.1 Å².